The SMILES string of the molecule is COC(C(=O)O)c1ccc(N2C(CO)CCCC2CCC(=O)Nc2cccc(-n3[nH]nnc3=S)c2)cc1. The molecule has 1 amide bonds. The minimum Gasteiger partial charge on any atom is -0.479 e. The van der Waals surface area contributed by atoms with Gasteiger partial charge in [-0.05, 0) is 73.8 Å². The second kappa shape index (κ2) is 12.1. The summed E-state index contributed by atoms with van der Waals surface area (Å²) in [4.78, 5) is 26.4. The van der Waals surface area contributed by atoms with Crippen LogP contribution in [0.1, 0.15) is 43.8 Å². The number of tetrazole rings is 1. The molecule has 37 heavy (non-hydrogen) atoms. The van der Waals surface area contributed by atoms with E-state index in [1.165, 1.54) is 11.8 Å². The van der Waals surface area contributed by atoms with Crippen molar-refractivity contribution in [3.05, 3.63) is 58.9 Å². The van der Waals surface area contributed by atoms with E-state index < -0.39 is 12.1 Å². The summed E-state index contributed by atoms with van der Waals surface area (Å²) in [6.07, 6.45) is 2.56. The number of carboxylic acids is 1. The van der Waals surface area contributed by atoms with Crippen LogP contribution in [0.4, 0.5) is 11.4 Å². The Morgan fingerprint density at radius 1 is 1.19 bits per heavy atom. The quantitative estimate of drug-likeness (QED) is 0.293. The summed E-state index contributed by atoms with van der Waals surface area (Å²) >= 11 is 5.14. The highest BCUT2D eigenvalue weighted by molar-refractivity contribution is 7.71. The van der Waals surface area contributed by atoms with E-state index in [2.05, 4.69) is 25.7 Å². The Morgan fingerprint density at radius 2 is 1.95 bits per heavy atom. The first kappa shape index (κ1) is 26.5. The molecule has 196 valence electrons. The van der Waals surface area contributed by atoms with E-state index in [-0.39, 0.29) is 29.4 Å². The van der Waals surface area contributed by atoms with Gasteiger partial charge in [0.05, 0.1) is 18.3 Å². The molecule has 1 aromatic heterocycles. The smallest absolute Gasteiger partial charge is 0.337 e. The van der Waals surface area contributed by atoms with Crippen LogP contribution >= 0.6 is 12.2 Å². The Balaban J connectivity index is 1.43. The molecule has 0 spiro atoms. The molecule has 1 fully saturated rings. The Morgan fingerprint density at radius 3 is 2.59 bits per heavy atom. The zero-order chi connectivity index (χ0) is 26.4. The van der Waals surface area contributed by atoms with Crippen LogP contribution in [0.15, 0.2) is 48.5 Å². The number of piperidine rings is 1. The largest absolute Gasteiger partial charge is 0.479 e. The fourth-order valence-corrected chi connectivity index (χ4v) is 5.05. The molecule has 3 unspecified atom stereocenters. The van der Waals surface area contributed by atoms with E-state index in [9.17, 15) is 19.8 Å². The molecule has 4 rings (SSSR count). The number of methoxy groups -OCH3 is 1. The van der Waals surface area contributed by atoms with E-state index in [0.717, 1.165) is 24.9 Å². The number of nitrogens with zero attached hydrogens (tertiary/aromatic N) is 4. The Hall–Kier alpha value is -3.61. The van der Waals surface area contributed by atoms with Crippen LogP contribution in [0.25, 0.3) is 5.69 Å². The number of rotatable bonds is 10. The lowest BCUT2D eigenvalue weighted by atomic mass is 9.91. The number of aliphatic carboxylic acids is 1. The number of aliphatic hydroxyl groups is 1. The molecule has 0 aliphatic carbocycles. The first-order valence-electron chi connectivity index (χ1n) is 12.1. The summed E-state index contributed by atoms with van der Waals surface area (Å²) in [5.41, 5.74) is 2.76. The number of nitrogens with one attached hydrogen (secondary N) is 2. The zero-order valence-electron chi connectivity index (χ0n) is 20.4. The number of aromatic amines is 1. The molecule has 3 atom stereocenters. The number of anilines is 2. The third-order valence-electron chi connectivity index (χ3n) is 6.59. The standard InChI is InChI=1S/C25H30N6O5S/c1-36-23(24(34)35)16-8-10-19(11-9-16)30-18(5-3-7-21(30)15-32)12-13-22(33)26-17-4-2-6-20(14-17)31-25(37)27-28-29-31/h2,4,6,8-11,14,18,21,23,32H,3,5,7,12-13,15H2,1H3,(H,26,33)(H,34,35)(H,27,29,37). The summed E-state index contributed by atoms with van der Waals surface area (Å²) in [5.74, 6) is -1.17. The van der Waals surface area contributed by atoms with Crippen LogP contribution in [0.2, 0.25) is 0 Å². The third-order valence-corrected chi connectivity index (χ3v) is 6.85. The average molecular weight is 527 g/mol. The first-order valence-corrected chi connectivity index (χ1v) is 12.5. The number of carboxylic acid groups (broad SMARTS) is 1. The van der Waals surface area contributed by atoms with Crippen molar-refractivity contribution in [3.8, 4) is 5.69 Å². The van der Waals surface area contributed by atoms with Crippen molar-refractivity contribution in [3.63, 3.8) is 0 Å². The molecule has 0 bridgehead atoms. The second-order valence-electron chi connectivity index (χ2n) is 8.93. The van der Waals surface area contributed by atoms with Gasteiger partial charge in [0, 0.05) is 30.9 Å². The zero-order valence-corrected chi connectivity index (χ0v) is 21.2. The lowest BCUT2D eigenvalue weighted by molar-refractivity contribution is -0.148. The van der Waals surface area contributed by atoms with Gasteiger partial charge in [0.25, 0.3) is 0 Å². The molecule has 1 aliphatic rings. The number of aliphatic hydroxyl groups excluding tert-OH is 1. The van der Waals surface area contributed by atoms with E-state index in [0.29, 0.717) is 29.8 Å². The van der Waals surface area contributed by atoms with Gasteiger partial charge >= 0.3 is 5.97 Å². The molecule has 2 aromatic carbocycles. The number of aromatic nitrogens is 4. The van der Waals surface area contributed by atoms with Gasteiger partial charge < -0.3 is 25.2 Å². The van der Waals surface area contributed by atoms with Gasteiger partial charge in [-0.3, -0.25) is 4.79 Å². The van der Waals surface area contributed by atoms with Crippen molar-refractivity contribution in [1.82, 2.24) is 20.2 Å². The van der Waals surface area contributed by atoms with Crippen molar-refractivity contribution >= 4 is 35.5 Å². The van der Waals surface area contributed by atoms with Gasteiger partial charge in [0.15, 0.2) is 6.10 Å². The second-order valence-corrected chi connectivity index (χ2v) is 9.29. The highest BCUT2D eigenvalue weighted by Crippen LogP contribution is 2.32. The van der Waals surface area contributed by atoms with Crippen LogP contribution in [-0.4, -0.2) is 68.1 Å². The number of ether oxygens (including phenoxy) is 1. The molecule has 4 N–H and O–H groups in total. The van der Waals surface area contributed by atoms with Gasteiger partial charge in [0.1, 0.15) is 0 Å². The molecule has 1 saturated heterocycles. The van der Waals surface area contributed by atoms with E-state index >= 15 is 0 Å². The van der Waals surface area contributed by atoms with Gasteiger partial charge in [0.2, 0.25) is 10.7 Å². The number of amides is 1. The first-order chi connectivity index (χ1) is 17.9. The van der Waals surface area contributed by atoms with E-state index in [1.807, 2.05) is 24.3 Å². The Labute approximate surface area is 219 Å². The molecule has 1 aliphatic heterocycles. The molecule has 0 radical (unpaired) electrons. The normalized spacial score (nSPS) is 18.4. The number of H-pyrrole nitrogens is 1. The molecule has 0 saturated carbocycles. The molecule has 3 aromatic rings. The Bertz CT molecular complexity index is 1280. The van der Waals surface area contributed by atoms with E-state index in [1.54, 1.807) is 24.3 Å². The summed E-state index contributed by atoms with van der Waals surface area (Å²) < 4.78 is 6.91. The molecular weight excluding hydrogens is 496 g/mol. The van der Waals surface area contributed by atoms with Gasteiger partial charge in [-0.15, -0.1) is 0 Å². The Kier molecular flexibility index (Phi) is 8.64. The van der Waals surface area contributed by atoms with E-state index in [4.69, 9.17) is 17.0 Å². The van der Waals surface area contributed by atoms with Crippen LogP contribution < -0.4 is 10.2 Å². The highest BCUT2D eigenvalue weighted by atomic mass is 32.1. The number of hydrogen-bond donors (Lipinski definition) is 4. The summed E-state index contributed by atoms with van der Waals surface area (Å²) in [5, 5.41) is 32.5. The monoisotopic (exact) mass is 526 g/mol. The van der Waals surface area contributed by atoms with Crippen LogP contribution in [0.3, 0.4) is 0 Å². The van der Waals surface area contributed by atoms with Crippen molar-refractivity contribution in [2.24, 2.45) is 0 Å². The number of hydrogen-bond acceptors (Lipinski definition) is 8. The summed E-state index contributed by atoms with van der Waals surface area (Å²) in [6, 6.07) is 14.4. The molecule has 11 nitrogen and oxygen atoms in total. The predicted molar refractivity (Wildman–Crippen MR) is 139 cm³/mol. The highest BCUT2D eigenvalue weighted by Gasteiger charge is 2.31. The average Bonchev–Trinajstić information content (AvgIpc) is 3.34. The van der Waals surface area contributed by atoms with Crippen molar-refractivity contribution in [2.75, 3.05) is 23.9 Å². The third kappa shape index (κ3) is 6.21. The maximum absolute atomic E-state index is 12.8. The van der Waals surface area contributed by atoms with Crippen molar-refractivity contribution in [2.45, 2.75) is 50.3 Å². The fraction of sp³-hybridized carbons (Fsp3) is 0.400. The summed E-state index contributed by atoms with van der Waals surface area (Å²) in [7, 11) is 1.36. The number of carbonyl (C=O) groups excluding carboxylic acids is 1. The van der Waals surface area contributed by atoms with Gasteiger partial charge in [-0.2, -0.15) is 5.21 Å². The lowest BCUT2D eigenvalue weighted by Crippen LogP contribution is -2.49. The number of benzene rings is 2. The van der Waals surface area contributed by atoms with Gasteiger partial charge in [-0.25, -0.2) is 9.48 Å². The molecule has 2 heterocycles. The maximum Gasteiger partial charge on any atom is 0.337 e. The van der Waals surface area contributed by atoms with Crippen molar-refractivity contribution in [1.29, 1.82) is 0 Å². The van der Waals surface area contributed by atoms with Crippen LogP contribution in [-0.2, 0) is 14.3 Å². The molecule has 12 heteroatoms. The predicted octanol–water partition coefficient (Wildman–Crippen LogP) is 3.24. The fourth-order valence-electron chi connectivity index (χ4n) is 4.86. The summed E-state index contributed by atoms with van der Waals surface area (Å²) in [6.45, 7) is -0.00195. The van der Waals surface area contributed by atoms with Crippen LogP contribution in [0, 0.1) is 4.77 Å². The van der Waals surface area contributed by atoms with Crippen molar-refractivity contribution < 1.29 is 24.5 Å². The molecular formula is C25H30N6O5S. The lowest BCUT2D eigenvalue weighted by Gasteiger charge is -2.43. The number of carbonyl (C=O) groups is 2. The van der Waals surface area contributed by atoms with Gasteiger partial charge in [-0.1, -0.05) is 28.5 Å². The minimum absolute atomic E-state index is 0.00195. The maximum atomic E-state index is 12.8. The van der Waals surface area contributed by atoms with Crippen LogP contribution in [0.5, 0.6) is 0 Å². The topological polar surface area (TPSA) is 146 Å². The minimum atomic E-state index is -1.06.